The summed E-state index contributed by atoms with van der Waals surface area (Å²) in [6.07, 6.45) is -1.99. The molecule has 5 rings (SSSR count). The Morgan fingerprint density at radius 1 is 0.976 bits per heavy atom. The number of aryl methyl sites for hydroxylation is 2. The lowest BCUT2D eigenvalue weighted by atomic mass is 10.0. The van der Waals surface area contributed by atoms with E-state index < -0.39 is 23.7 Å². The van der Waals surface area contributed by atoms with E-state index in [0.29, 0.717) is 28.0 Å². The maximum absolute atomic E-state index is 14.1. The normalized spacial score (nSPS) is 11.8. The molecule has 0 aliphatic rings. The van der Waals surface area contributed by atoms with Gasteiger partial charge in [-0.2, -0.15) is 28.5 Å². The molecule has 5 aromatic rings. The Morgan fingerprint density at radius 2 is 1.64 bits per heavy atom. The van der Waals surface area contributed by atoms with Crippen LogP contribution >= 0.6 is 0 Å². The molecule has 0 atom stereocenters. The summed E-state index contributed by atoms with van der Waals surface area (Å²) in [5.74, 6) is -1.13. The van der Waals surface area contributed by atoms with Crippen molar-refractivity contribution >= 4 is 28.8 Å². The summed E-state index contributed by atoms with van der Waals surface area (Å²) in [6.45, 7) is 7.90. The molecule has 11 nitrogen and oxygen atoms in total. The number of nitrogens with zero attached hydrogens (tertiary/aromatic N) is 7. The number of benzene rings is 1. The van der Waals surface area contributed by atoms with Crippen molar-refractivity contribution in [1.29, 1.82) is 0 Å². The van der Waals surface area contributed by atoms with Gasteiger partial charge in [0.25, 0.3) is 11.8 Å². The van der Waals surface area contributed by atoms with Gasteiger partial charge in [-0.3, -0.25) is 19.0 Å². The van der Waals surface area contributed by atoms with Crippen molar-refractivity contribution in [2.45, 2.75) is 46.3 Å². The van der Waals surface area contributed by atoms with Crippen molar-refractivity contribution in [2.75, 3.05) is 10.6 Å². The number of carbonyl (C=O) groups is 2. The Morgan fingerprint density at radius 3 is 2.24 bits per heavy atom. The van der Waals surface area contributed by atoms with Crippen LogP contribution in [0.25, 0.3) is 16.9 Å². The van der Waals surface area contributed by atoms with Gasteiger partial charge in [0.2, 0.25) is 0 Å². The zero-order valence-electron chi connectivity index (χ0n) is 23.5. The number of alkyl halides is 3. The number of halogens is 3. The molecule has 0 aliphatic carbocycles. The van der Waals surface area contributed by atoms with Gasteiger partial charge in [0, 0.05) is 25.2 Å². The summed E-state index contributed by atoms with van der Waals surface area (Å²) < 4.78 is 45.8. The van der Waals surface area contributed by atoms with Crippen molar-refractivity contribution in [3.05, 3.63) is 77.1 Å². The van der Waals surface area contributed by atoms with E-state index in [4.69, 9.17) is 0 Å². The minimum atomic E-state index is -4.77. The molecular weight excluding hydrogens is 551 g/mol. The smallest absolute Gasteiger partial charge is 0.318 e. The van der Waals surface area contributed by atoms with E-state index in [0.717, 1.165) is 11.6 Å². The van der Waals surface area contributed by atoms with Crippen LogP contribution < -0.4 is 10.6 Å². The van der Waals surface area contributed by atoms with E-state index in [9.17, 15) is 22.8 Å². The third kappa shape index (κ3) is 5.34. The van der Waals surface area contributed by atoms with Crippen molar-refractivity contribution in [2.24, 2.45) is 7.05 Å². The number of amides is 2. The predicted octanol–water partition coefficient (Wildman–Crippen LogP) is 5.30. The second-order valence-corrected chi connectivity index (χ2v) is 10.00. The zero-order chi connectivity index (χ0) is 30.3. The lowest BCUT2D eigenvalue weighted by Gasteiger charge is -2.12. The second kappa shape index (κ2) is 10.8. The fourth-order valence-electron chi connectivity index (χ4n) is 4.42. The molecular formula is C28H28F3N9O2. The summed E-state index contributed by atoms with van der Waals surface area (Å²) in [4.78, 5) is 30.7. The number of hydrogen-bond donors (Lipinski definition) is 2. The maximum atomic E-state index is 14.1. The molecule has 0 spiro atoms. The molecule has 4 aromatic heterocycles. The van der Waals surface area contributed by atoms with E-state index in [2.05, 4.69) is 30.9 Å². The van der Waals surface area contributed by atoms with Crippen LogP contribution in [0.3, 0.4) is 0 Å². The third-order valence-corrected chi connectivity index (χ3v) is 6.91. The molecule has 2 N–H and O–H groups in total. The van der Waals surface area contributed by atoms with Crippen molar-refractivity contribution in [1.82, 2.24) is 34.2 Å². The molecule has 1 aromatic carbocycles. The summed E-state index contributed by atoms with van der Waals surface area (Å²) in [6, 6.07) is 9.18. The molecule has 0 aliphatic heterocycles. The molecule has 0 saturated carbocycles. The van der Waals surface area contributed by atoms with Gasteiger partial charge in [-0.05, 0) is 31.4 Å². The Bertz CT molecular complexity index is 1800. The van der Waals surface area contributed by atoms with Gasteiger partial charge < -0.3 is 10.6 Å². The third-order valence-electron chi connectivity index (χ3n) is 6.91. The van der Waals surface area contributed by atoms with Crippen molar-refractivity contribution < 1.29 is 22.8 Å². The molecule has 14 heteroatoms. The minimum Gasteiger partial charge on any atom is -0.318 e. The van der Waals surface area contributed by atoms with Gasteiger partial charge in [-0.1, -0.05) is 38.1 Å². The second-order valence-electron chi connectivity index (χ2n) is 10.00. The van der Waals surface area contributed by atoms with Gasteiger partial charge >= 0.3 is 6.18 Å². The van der Waals surface area contributed by atoms with Crippen LogP contribution in [0.5, 0.6) is 0 Å². The maximum Gasteiger partial charge on any atom is 0.433 e. The largest absolute Gasteiger partial charge is 0.433 e. The molecule has 0 saturated heterocycles. The van der Waals surface area contributed by atoms with E-state index in [-0.39, 0.29) is 34.3 Å². The van der Waals surface area contributed by atoms with Crippen LogP contribution in [-0.4, -0.2) is 46.0 Å². The van der Waals surface area contributed by atoms with Crippen LogP contribution in [0.15, 0.2) is 48.8 Å². The van der Waals surface area contributed by atoms with E-state index in [1.165, 1.54) is 23.1 Å². The van der Waals surface area contributed by atoms with Gasteiger partial charge in [-0.25, -0.2) is 9.50 Å². The molecule has 0 fully saturated rings. The first-order valence-corrected chi connectivity index (χ1v) is 13.1. The SMILES string of the molecule is CCn1ncc(NC(=O)c2cc3nc(-c4ccc(C(C)C)cc4)cc(C(F)(F)F)n3n2)c1C(=O)Nc1cnn(C)c1C. The predicted molar refractivity (Wildman–Crippen MR) is 149 cm³/mol. The average molecular weight is 580 g/mol. The van der Waals surface area contributed by atoms with Crippen LogP contribution in [0, 0.1) is 6.92 Å². The Labute approximate surface area is 238 Å². The summed E-state index contributed by atoms with van der Waals surface area (Å²) in [7, 11) is 1.73. The lowest BCUT2D eigenvalue weighted by molar-refractivity contribution is -0.142. The quantitative estimate of drug-likeness (QED) is 0.270. The van der Waals surface area contributed by atoms with Crippen molar-refractivity contribution in [3.8, 4) is 11.3 Å². The summed E-state index contributed by atoms with van der Waals surface area (Å²) in [5, 5.41) is 17.5. The number of rotatable bonds is 7. The van der Waals surface area contributed by atoms with Gasteiger partial charge in [-0.15, -0.1) is 0 Å². The lowest BCUT2D eigenvalue weighted by Crippen LogP contribution is -2.21. The number of aromatic nitrogens is 7. The van der Waals surface area contributed by atoms with Crippen LogP contribution in [-0.2, 0) is 19.8 Å². The monoisotopic (exact) mass is 579 g/mol. The van der Waals surface area contributed by atoms with E-state index in [1.54, 1.807) is 37.7 Å². The average Bonchev–Trinajstić information content (AvgIpc) is 3.65. The Hall–Kier alpha value is -5.01. The topological polar surface area (TPSA) is 124 Å². The Balaban J connectivity index is 1.48. The molecule has 0 unspecified atom stereocenters. The molecule has 4 heterocycles. The highest BCUT2D eigenvalue weighted by atomic mass is 19.4. The fraction of sp³-hybridized carbons (Fsp3) is 0.286. The highest BCUT2D eigenvalue weighted by Crippen LogP contribution is 2.33. The van der Waals surface area contributed by atoms with Gasteiger partial charge in [0.05, 0.1) is 35.2 Å². The molecule has 218 valence electrons. The number of carbonyl (C=O) groups excluding carboxylic acids is 2. The first kappa shape index (κ1) is 28.5. The Kier molecular flexibility index (Phi) is 7.31. The summed E-state index contributed by atoms with van der Waals surface area (Å²) in [5.41, 5.74) is 1.36. The number of hydrogen-bond acceptors (Lipinski definition) is 6. The zero-order valence-corrected chi connectivity index (χ0v) is 23.5. The molecule has 0 bridgehead atoms. The van der Waals surface area contributed by atoms with Crippen molar-refractivity contribution in [3.63, 3.8) is 0 Å². The highest BCUT2D eigenvalue weighted by molar-refractivity contribution is 6.11. The van der Waals surface area contributed by atoms with Crippen LogP contribution in [0.4, 0.5) is 24.5 Å². The summed E-state index contributed by atoms with van der Waals surface area (Å²) >= 11 is 0. The number of anilines is 2. The van der Waals surface area contributed by atoms with E-state index in [1.807, 2.05) is 26.0 Å². The van der Waals surface area contributed by atoms with Crippen LogP contribution in [0.1, 0.15) is 64.6 Å². The minimum absolute atomic E-state index is 0.0547. The first-order valence-electron chi connectivity index (χ1n) is 13.1. The fourth-order valence-corrected chi connectivity index (χ4v) is 4.42. The van der Waals surface area contributed by atoms with E-state index >= 15 is 0 Å². The molecule has 2 amide bonds. The molecule has 42 heavy (non-hydrogen) atoms. The van der Waals surface area contributed by atoms with Crippen LogP contribution in [0.2, 0.25) is 0 Å². The molecule has 0 radical (unpaired) electrons. The first-order chi connectivity index (χ1) is 19.9. The standard InChI is InChI=1S/C28H28F3N9O2/c1-6-39-25(27(42)35-21-13-32-38(5)16(21)4)22(14-33-39)36-26(41)20-12-24-34-19(11-23(28(29,30)31)40(24)37-20)18-9-7-17(8-10-18)15(2)3/h7-15H,6H2,1-5H3,(H,35,42)(H,36,41). The number of fused-ring (bicyclic) bond motifs is 1. The highest BCUT2D eigenvalue weighted by Gasteiger charge is 2.36. The van der Waals surface area contributed by atoms with Gasteiger partial charge in [0.15, 0.2) is 17.0 Å². The van der Waals surface area contributed by atoms with Gasteiger partial charge in [0.1, 0.15) is 5.69 Å². The number of nitrogens with one attached hydrogen (secondary N) is 2.